The number of hydrogen-bond acceptors (Lipinski definition) is 5. The van der Waals surface area contributed by atoms with Crippen LogP contribution in [0.3, 0.4) is 0 Å². The lowest BCUT2D eigenvalue weighted by Gasteiger charge is -2.22. The van der Waals surface area contributed by atoms with E-state index in [1.165, 1.54) is 0 Å². The quantitative estimate of drug-likeness (QED) is 0.806. The van der Waals surface area contributed by atoms with Gasteiger partial charge in [0, 0.05) is 31.7 Å². The number of nitrogens with one attached hydrogen (secondary N) is 1. The predicted octanol–water partition coefficient (Wildman–Crippen LogP) is 1.78. The number of rotatable bonds is 6. The molecule has 5 heteroatoms. The van der Waals surface area contributed by atoms with Crippen LogP contribution in [0.1, 0.15) is 33.0 Å². The van der Waals surface area contributed by atoms with Crippen LogP contribution in [0, 0.1) is 6.92 Å². The average Bonchev–Trinajstić information content (AvgIpc) is 2.27. The molecule has 0 saturated heterocycles. The van der Waals surface area contributed by atoms with Crippen molar-refractivity contribution in [3.05, 3.63) is 11.9 Å². The van der Waals surface area contributed by atoms with Crippen LogP contribution in [-0.2, 0) is 0 Å². The van der Waals surface area contributed by atoms with E-state index in [1.807, 2.05) is 27.0 Å². The second-order valence-electron chi connectivity index (χ2n) is 4.97. The molecule has 1 rings (SSSR count). The summed E-state index contributed by atoms with van der Waals surface area (Å²) >= 11 is 0. The van der Waals surface area contributed by atoms with Crippen LogP contribution in [-0.4, -0.2) is 35.6 Å². The molecule has 0 aromatic carbocycles. The monoisotopic (exact) mass is 251 g/mol. The van der Waals surface area contributed by atoms with Crippen LogP contribution in [0.15, 0.2) is 6.07 Å². The first-order valence-corrected chi connectivity index (χ1v) is 6.51. The summed E-state index contributed by atoms with van der Waals surface area (Å²) in [5.41, 5.74) is 5.81. The molecule has 0 fully saturated rings. The minimum atomic E-state index is 0.122. The van der Waals surface area contributed by atoms with Crippen molar-refractivity contribution in [2.75, 3.05) is 23.8 Å². The Morgan fingerprint density at radius 3 is 2.61 bits per heavy atom. The van der Waals surface area contributed by atoms with Crippen LogP contribution in [0.4, 0.5) is 11.6 Å². The van der Waals surface area contributed by atoms with Crippen molar-refractivity contribution in [1.82, 2.24) is 9.97 Å². The van der Waals surface area contributed by atoms with Gasteiger partial charge in [-0.3, -0.25) is 0 Å². The van der Waals surface area contributed by atoms with Gasteiger partial charge in [0.1, 0.15) is 17.5 Å². The number of aryl methyl sites for hydroxylation is 1. The van der Waals surface area contributed by atoms with E-state index in [1.54, 1.807) is 0 Å². The number of likely N-dealkylation sites (N-methyl/N-ethyl adjacent to an activating group) is 1. The number of aromatic nitrogens is 2. The van der Waals surface area contributed by atoms with Gasteiger partial charge in [0.25, 0.3) is 0 Å². The Labute approximate surface area is 110 Å². The molecule has 1 aromatic rings. The minimum Gasteiger partial charge on any atom is -0.367 e. The van der Waals surface area contributed by atoms with Gasteiger partial charge in [-0.25, -0.2) is 9.97 Å². The summed E-state index contributed by atoms with van der Waals surface area (Å²) < 4.78 is 0. The summed E-state index contributed by atoms with van der Waals surface area (Å²) in [5, 5.41) is 3.37. The maximum absolute atomic E-state index is 5.81. The third-order valence-electron chi connectivity index (χ3n) is 2.78. The Morgan fingerprint density at radius 2 is 2.06 bits per heavy atom. The second-order valence-corrected chi connectivity index (χ2v) is 4.97. The zero-order chi connectivity index (χ0) is 13.7. The molecule has 0 spiro atoms. The smallest absolute Gasteiger partial charge is 0.134 e. The highest BCUT2D eigenvalue weighted by atomic mass is 15.2. The van der Waals surface area contributed by atoms with Crippen molar-refractivity contribution < 1.29 is 0 Å². The molecular weight excluding hydrogens is 226 g/mol. The van der Waals surface area contributed by atoms with Crippen LogP contribution in [0.2, 0.25) is 0 Å². The first-order chi connectivity index (χ1) is 8.42. The normalized spacial score (nSPS) is 14.1. The summed E-state index contributed by atoms with van der Waals surface area (Å²) in [6, 6.07) is 2.50. The summed E-state index contributed by atoms with van der Waals surface area (Å²) in [6.45, 7) is 8.96. The molecule has 2 atom stereocenters. The Kier molecular flexibility index (Phi) is 5.34. The first kappa shape index (κ1) is 14.7. The summed E-state index contributed by atoms with van der Waals surface area (Å²) in [7, 11) is 2.00. The van der Waals surface area contributed by atoms with E-state index >= 15 is 0 Å². The van der Waals surface area contributed by atoms with E-state index in [-0.39, 0.29) is 6.04 Å². The van der Waals surface area contributed by atoms with E-state index in [0.717, 1.165) is 30.4 Å². The Balaban J connectivity index is 2.86. The minimum absolute atomic E-state index is 0.122. The third-order valence-corrected chi connectivity index (χ3v) is 2.78. The van der Waals surface area contributed by atoms with Gasteiger partial charge in [-0.15, -0.1) is 0 Å². The van der Waals surface area contributed by atoms with Crippen molar-refractivity contribution in [2.45, 2.75) is 46.2 Å². The molecule has 1 heterocycles. The van der Waals surface area contributed by atoms with E-state index in [4.69, 9.17) is 5.73 Å². The van der Waals surface area contributed by atoms with Gasteiger partial charge >= 0.3 is 0 Å². The fourth-order valence-electron chi connectivity index (χ4n) is 1.70. The molecule has 0 amide bonds. The fourth-order valence-corrected chi connectivity index (χ4v) is 1.70. The van der Waals surface area contributed by atoms with E-state index in [2.05, 4.69) is 34.0 Å². The highest BCUT2D eigenvalue weighted by molar-refractivity contribution is 5.49. The van der Waals surface area contributed by atoms with E-state index in [0.29, 0.717) is 6.04 Å². The van der Waals surface area contributed by atoms with Crippen molar-refractivity contribution in [3.63, 3.8) is 0 Å². The molecule has 3 N–H and O–H groups in total. The molecule has 0 aliphatic carbocycles. The van der Waals surface area contributed by atoms with Gasteiger partial charge in [-0.2, -0.15) is 0 Å². The standard InChI is InChI=1S/C13H25N5/c1-6-10(3)15-12-7-13(17-11(4)16-12)18(5)8-9(2)14/h7,9-10H,6,8,14H2,1-5H3,(H,15,16,17). The zero-order valence-electron chi connectivity index (χ0n) is 12.1. The highest BCUT2D eigenvalue weighted by Gasteiger charge is 2.09. The molecular formula is C13H25N5. The molecule has 1 aromatic heterocycles. The summed E-state index contributed by atoms with van der Waals surface area (Å²) in [4.78, 5) is 10.9. The van der Waals surface area contributed by atoms with Crippen LogP contribution in [0.25, 0.3) is 0 Å². The van der Waals surface area contributed by atoms with Gasteiger partial charge in [0.05, 0.1) is 0 Å². The fraction of sp³-hybridized carbons (Fsp3) is 0.692. The Morgan fingerprint density at radius 1 is 1.39 bits per heavy atom. The van der Waals surface area contributed by atoms with Crippen molar-refractivity contribution in [2.24, 2.45) is 5.73 Å². The topological polar surface area (TPSA) is 67.1 Å². The molecule has 0 radical (unpaired) electrons. The van der Waals surface area contributed by atoms with Crippen molar-refractivity contribution in [3.8, 4) is 0 Å². The lowest BCUT2D eigenvalue weighted by molar-refractivity contribution is 0.708. The van der Waals surface area contributed by atoms with Crippen molar-refractivity contribution in [1.29, 1.82) is 0 Å². The maximum Gasteiger partial charge on any atom is 0.134 e. The van der Waals surface area contributed by atoms with Gasteiger partial charge in [0.15, 0.2) is 0 Å². The molecule has 18 heavy (non-hydrogen) atoms. The lowest BCUT2D eigenvalue weighted by atomic mass is 10.2. The Hall–Kier alpha value is -1.36. The van der Waals surface area contributed by atoms with Gasteiger partial charge in [0.2, 0.25) is 0 Å². The zero-order valence-corrected chi connectivity index (χ0v) is 12.1. The number of hydrogen-bond donors (Lipinski definition) is 2. The summed E-state index contributed by atoms with van der Waals surface area (Å²) in [6.07, 6.45) is 1.06. The number of nitrogens with zero attached hydrogens (tertiary/aromatic N) is 3. The first-order valence-electron chi connectivity index (χ1n) is 6.51. The van der Waals surface area contributed by atoms with E-state index in [9.17, 15) is 0 Å². The third kappa shape index (κ3) is 4.49. The molecule has 0 bridgehead atoms. The highest BCUT2D eigenvalue weighted by Crippen LogP contribution is 2.16. The molecule has 102 valence electrons. The molecule has 5 nitrogen and oxygen atoms in total. The van der Waals surface area contributed by atoms with Crippen LogP contribution < -0.4 is 16.0 Å². The number of anilines is 2. The van der Waals surface area contributed by atoms with Gasteiger partial charge in [-0.05, 0) is 27.2 Å². The van der Waals surface area contributed by atoms with E-state index < -0.39 is 0 Å². The second kappa shape index (κ2) is 6.54. The van der Waals surface area contributed by atoms with Crippen LogP contribution >= 0.6 is 0 Å². The van der Waals surface area contributed by atoms with Gasteiger partial charge in [-0.1, -0.05) is 6.92 Å². The SMILES string of the molecule is CCC(C)Nc1cc(N(C)CC(C)N)nc(C)n1. The molecule has 0 aliphatic heterocycles. The average molecular weight is 251 g/mol. The molecule has 0 aliphatic rings. The van der Waals surface area contributed by atoms with Crippen LogP contribution in [0.5, 0.6) is 0 Å². The molecule has 2 unspecified atom stereocenters. The maximum atomic E-state index is 5.81. The Bertz CT molecular complexity index is 378. The largest absolute Gasteiger partial charge is 0.367 e. The number of nitrogens with two attached hydrogens (primary N) is 1. The molecule has 0 saturated carbocycles. The van der Waals surface area contributed by atoms with Crippen molar-refractivity contribution >= 4 is 11.6 Å². The summed E-state index contributed by atoms with van der Waals surface area (Å²) in [5.74, 6) is 2.56. The lowest BCUT2D eigenvalue weighted by Crippen LogP contribution is -2.33. The van der Waals surface area contributed by atoms with Gasteiger partial charge < -0.3 is 16.0 Å². The predicted molar refractivity (Wildman–Crippen MR) is 77.1 cm³/mol.